The Kier molecular flexibility index (Phi) is 4.05. The van der Waals surface area contributed by atoms with E-state index < -0.39 is 0 Å². The minimum atomic E-state index is -0.247. The summed E-state index contributed by atoms with van der Waals surface area (Å²) in [5.74, 6) is 0.710. The normalized spacial score (nSPS) is 21.1. The molecule has 1 rings (SSSR count). The minimum Gasteiger partial charge on any atom is -0.466 e. The third kappa shape index (κ3) is 2.60. The predicted octanol–water partition coefficient (Wildman–Crippen LogP) is 1.27. The number of nitrogens with two attached hydrogens (primary N) is 1. The van der Waals surface area contributed by atoms with Gasteiger partial charge in [0.05, 0.1) is 7.11 Å². The van der Waals surface area contributed by atoms with Crippen molar-refractivity contribution in [2.45, 2.75) is 6.42 Å². The molecule has 1 unspecified atom stereocenters. The number of hydrogen-bond acceptors (Lipinski definition) is 4. The van der Waals surface area contributed by atoms with Crippen LogP contribution in [-0.2, 0) is 9.53 Å². The Bertz CT molecular complexity index is 248. The number of hydrogen-bond donors (Lipinski definition) is 1. The van der Waals surface area contributed by atoms with Crippen molar-refractivity contribution in [2.24, 2.45) is 11.1 Å². The highest BCUT2D eigenvalue weighted by atomic mass is 32.2. The fourth-order valence-electron chi connectivity index (χ4n) is 1.30. The number of carbonyl (C=O) groups excluding carboxylic acids is 1. The maximum absolute atomic E-state index is 11.3. The lowest BCUT2D eigenvalue weighted by molar-refractivity contribution is -0.136. The molecule has 1 aliphatic rings. The van der Waals surface area contributed by atoms with Crippen LogP contribution in [0.15, 0.2) is 23.8 Å². The Hall–Kier alpha value is -0.740. The maximum atomic E-state index is 11.3. The average molecular weight is 199 g/mol. The van der Waals surface area contributed by atoms with E-state index in [-0.39, 0.29) is 11.9 Å². The van der Waals surface area contributed by atoms with Gasteiger partial charge < -0.3 is 4.74 Å². The molecule has 0 aromatic rings. The number of allylic oxidation sites excluding steroid dienone is 3. The van der Waals surface area contributed by atoms with Crippen molar-refractivity contribution in [3.05, 3.63) is 23.8 Å². The van der Waals surface area contributed by atoms with Crippen molar-refractivity contribution in [2.75, 3.05) is 12.9 Å². The van der Waals surface area contributed by atoms with E-state index in [0.717, 1.165) is 17.7 Å². The second-order valence-electron chi connectivity index (χ2n) is 2.81. The summed E-state index contributed by atoms with van der Waals surface area (Å²) in [4.78, 5) is 11.3. The Morgan fingerprint density at radius 1 is 1.85 bits per heavy atom. The molecule has 0 heterocycles. The van der Waals surface area contributed by atoms with Crippen molar-refractivity contribution in [3.63, 3.8) is 0 Å². The molecule has 0 saturated carbocycles. The summed E-state index contributed by atoms with van der Waals surface area (Å²) in [6, 6.07) is 0. The summed E-state index contributed by atoms with van der Waals surface area (Å²) < 4.78 is 4.68. The van der Waals surface area contributed by atoms with Gasteiger partial charge in [0.2, 0.25) is 0 Å². The summed E-state index contributed by atoms with van der Waals surface area (Å²) in [5, 5.41) is 5.38. The lowest BCUT2D eigenvalue weighted by atomic mass is 9.93. The molecule has 0 aromatic carbocycles. The van der Waals surface area contributed by atoms with Gasteiger partial charge in [0.15, 0.2) is 0 Å². The maximum Gasteiger partial charge on any atom is 0.334 e. The highest BCUT2D eigenvalue weighted by Crippen LogP contribution is 2.23. The topological polar surface area (TPSA) is 52.3 Å². The lowest BCUT2D eigenvalue weighted by Gasteiger charge is -2.18. The zero-order valence-corrected chi connectivity index (χ0v) is 8.34. The molecule has 0 aliphatic heterocycles. The van der Waals surface area contributed by atoms with Gasteiger partial charge in [0, 0.05) is 17.2 Å². The van der Waals surface area contributed by atoms with E-state index in [1.54, 1.807) is 6.08 Å². The van der Waals surface area contributed by atoms with Crippen LogP contribution in [0, 0.1) is 5.92 Å². The van der Waals surface area contributed by atoms with Crippen LogP contribution >= 0.6 is 11.9 Å². The first-order valence-electron chi connectivity index (χ1n) is 4.06. The van der Waals surface area contributed by atoms with Crippen molar-refractivity contribution in [1.82, 2.24) is 0 Å². The Morgan fingerprint density at radius 2 is 2.62 bits per heavy atom. The monoisotopic (exact) mass is 199 g/mol. The quantitative estimate of drug-likeness (QED) is 0.549. The smallest absolute Gasteiger partial charge is 0.334 e. The van der Waals surface area contributed by atoms with Crippen LogP contribution in [0.25, 0.3) is 0 Å². The SMILES string of the molecule is COC(=O)C1=CC=CCC1CSN. The van der Waals surface area contributed by atoms with Crippen LogP contribution in [0.2, 0.25) is 0 Å². The summed E-state index contributed by atoms with van der Waals surface area (Å²) in [6.45, 7) is 0. The van der Waals surface area contributed by atoms with E-state index in [4.69, 9.17) is 5.14 Å². The molecule has 3 nitrogen and oxygen atoms in total. The molecule has 0 radical (unpaired) electrons. The first-order chi connectivity index (χ1) is 6.29. The van der Waals surface area contributed by atoms with Crippen molar-refractivity contribution in [1.29, 1.82) is 0 Å². The van der Waals surface area contributed by atoms with E-state index >= 15 is 0 Å². The number of methoxy groups -OCH3 is 1. The standard InChI is InChI=1S/C9H13NO2S/c1-12-9(11)8-5-3-2-4-7(8)6-13-10/h2-3,5,7H,4,6,10H2,1H3. The first-order valence-corrected chi connectivity index (χ1v) is 5.11. The van der Waals surface area contributed by atoms with Gasteiger partial charge in [-0.2, -0.15) is 0 Å². The highest BCUT2D eigenvalue weighted by Gasteiger charge is 2.21. The number of ether oxygens (including phenoxy) is 1. The molecule has 2 N–H and O–H groups in total. The molecule has 1 atom stereocenters. The lowest BCUT2D eigenvalue weighted by Crippen LogP contribution is -2.18. The second-order valence-corrected chi connectivity index (χ2v) is 3.47. The largest absolute Gasteiger partial charge is 0.466 e. The van der Waals surface area contributed by atoms with Gasteiger partial charge in [-0.25, -0.2) is 4.79 Å². The molecule has 0 bridgehead atoms. The summed E-state index contributed by atoms with van der Waals surface area (Å²) in [6.07, 6.45) is 6.58. The molecule has 0 saturated heterocycles. The first kappa shape index (κ1) is 10.3. The Labute approximate surface area is 82.1 Å². The molecule has 1 aliphatic carbocycles. The average Bonchev–Trinajstić information content (AvgIpc) is 2.18. The van der Waals surface area contributed by atoms with Crippen LogP contribution in [-0.4, -0.2) is 18.8 Å². The van der Waals surface area contributed by atoms with Crippen molar-refractivity contribution >= 4 is 17.9 Å². The molecule has 0 fully saturated rings. The van der Waals surface area contributed by atoms with E-state index in [0.29, 0.717) is 0 Å². The summed E-state index contributed by atoms with van der Waals surface area (Å²) >= 11 is 1.26. The number of carbonyl (C=O) groups is 1. The number of rotatable bonds is 3. The molecule has 0 aromatic heterocycles. The van der Waals surface area contributed by atoms with E-state index in [2.05, 4.69) is 4.74 Å². The molecule has 0 spiro atoms. The molecular formula is C9H13NO2S. The molecule has 4 heteroatoms. The molecular weight excluding hydrogens is 186 g/mol. The van der Waals surface area contributed by atoms with Crippen LogP contribution in [0.5, 0.6) is 0 Å². The fourth-order valence-corrected chi connectivity index (χ4v) is 1.85. The summed E-state index contributed by atoms with van der Waals surface area (Å²) in [5.41, 5.74) is 0.725. The third-order valence-electron chi connectivity index (χ3n) is 1.99. The highest BCUT2D eigenvalue weighted by molar-refractivity contribution is 7.97. The van der Waals surface area contributed by atoms with Gasteiger partial charge in [0.25, 0.3) is 0 Å². The Balaban J connectivity index is 2.70. The van der Waals surface area contributed by atoms with Gasteiger partial charge in [-0.05, 0) is 6.42 Å². The fraction of sp³-hybridized carbons (Fsp3) is 0.444. The summed E-state index contributed by atoms with van der Waals surface area (Å²) in [7, 11) is 1.40. The van der Waals surface area contributed by atoms with Crippen LogP contribution in [0.3, 0.4) is 0 Å². The second kappa shape index (κ2) is 5.09. The van der Waals surface area contributed by atoms with Gasteiger partial charge in [-0.3, -0.25) is 5.14 Å². The van der Waals surface area contributed by atoms with Gasteiger partial charge in [-0.1, -0.05) is 30.2 Å². The van der Waals surface area contributed by atoms with E-state index in [1.165, 1.54) is 19.1 Å². The van der Waals surface area contributed by atoms with Crippen LogP contribution < -0.4 is 5.14 Å². The van der Waals surface area contributed by atoms with Gasteiger partial charge >= 0.3 is 5.97 Å². The van der Waals surface area contributed by atoms with Gasteiger partial charge in [0.1, 0.15) is 0 Å². The zero-order valence-electron chi connectivity index (χ0n) is 7.53. The zero-order chi connectivity index (χ0) is 9.68. The van der Waals surface area contributed by atoms with Gasteiger partial charge in [-0.15, -0.1) is 0 Å². The molecule has 13 heavy (non-hydrogen) atoms. The van der Waals surface area contributed by atoms with Crippen molar-refractivity contribution < 1.29 is 9.53 Å². The third-order valence-corrected chi connectivity index (χ3v) is 2.59. The van der Waals surface area contributed by atoms with E-state index in [1.807, 2.05) is 12.2 Å². The van der Waals surface area contributed by atoms with Crippen LogP contribution in [0.4, 0.5) is 0 Å². The van der Waals surface area contributed by atoms with Crippen molar-refractivity contribution in [3.8, 4) is 0 Å². The van der Waals surface area contributed by atoms with Crippen LogP contribution in [0.1, 0.15) is 6.42 Å². The molecule has 72 valence electrons. The predicted molar refractivity (Wildman–Crippen MR) is 54.0 cm³/mol. The van der Waals surface area contributed by atoms with E-state index in [9.17, 15) is 4.79 Å². The minimum absolute atomic E-state index is 0.201. The Morgan fingerprint density at radius 3 is 3.23 bits per heavy atom. The number of esters is 1. The molecule has 0 amide bonds.